The van der Waals surface area contributed by atoms with E-state index in [4.69, 9.17) is 9.47 Å². The molecule has 1 aromatic heterocycles. The fraction of sp³-hybridized carbons (Fsp3) is 0.613. The monoisotopic (exact) mass is 604 g/mol. The highest BCUT2D eigenvalue weighted by Crippen LogP contribution is 2.64. The molecule has 2 atom stereocenters. The lowest BCUT2D eigenvalue weighted by Gasteiger charge is -2.37. The molecule has 2 fully saturated rings. The molecule has 10 heteroatoms. The highest BCUT2D eigenvalue weighted by Gasteiger charge is 2.65. The summed E-state index contributed by atoms with van der Waals surface area (Å²) in [5, 5.41) is 2.00. The number of carbonyl (C=O) groups is 2. The Morgan fingerprint density at radius 3 is 2.41 bits per heavy atom. The number of amides is 1. The normalized spacial score (nSPS) is 21.4. The van der Waals surface area contributed by atoms with Gasteiger partial charge in [0, 0.05) is 29.8 Å². The first-order valence-corrected chi connectivity index (χ1v) is 16.9. The molecule has 2 bridgehead atoms. The van der Waals surface area contributed by atoms with E-state index in [9.17, 15) is 18.0 Å². The van der Waals surface area contributed by atoms with Gasteiger partial charge >= 0.3 is 0 Å². The predicted octanol–water partition coefficient (Wildman–Crippen LogP) is 5.08. The second kappa shape index (κ2) is 12.4. The Balaban J connectivity index is 1.55. The van der Waals surface area contributed by atoms with Crippen molar-refractivity contribution in [3.63, 3.8) is 0 Å². The van der Waals surface area contributed by atoms with Gasteiger partial charge in [-0.25, -0.2) is 8.42 Å². The highest BCUT2D eigenvalue weighted by molar-refractivity contribution is 7.89. The first-order valence-electron chi connectivity index (χ1n) is 14.4. The maximum Gasteiger partial charge on any atom is 0.238 e. The fourth-order valence-corrected chi connectivity index (χ4v) is 9.83. The van der Waals surface area contributed by atoms with E-state index in [1.54, 1.807) is 30.5 Å². The second-order valence-electron chi connectivity index (χ2n) is 12.0. The van der Waals surface area contributed by atoms with Gasteiger partial charge in [0.25, 0.3) is 0 Å². The van der Waals surface area contributed by atoms with Gasteiger partial charge in [0.1, 0.15) is 5.78 Å². The number of ketones is 1. The first-order chi connectivity index (χ1) is 19.4. The Kier molecular flexibility index (Phi) is 9.55. The van der Waals surface area contributed by atoms with Gasteiger partial charge in [-0.3, -0.25) is 9.59 Å². The van der Waals surface area contributed by atoms with E-state index in [-0.39, 0.29) is 41.9 Å². The number of rotatable bonds is 14. The summed E-state index contributed by atoms with van der Waals surface area (Å²) in [5.41, 5.74) is 0.862. The molecular formula is C31H44N2O6S2. The molecule has 2 aromatic rings. The lowest BCUT2D eigenvalue weighted by molar-refractivity contribution is -0.132. The number of thiophene rings is 1. The molecule has 2 aliphatic carbocycles. The van der Waals surface area contributed by atoms with Gasteiger partial charge in [0.05, 0.1) is 33.1 Å². The topological polar surface area (TPSA) is 93.2 Å². The third-order valence-electron chi connectivity index (χ3n) is 9.52. The maximum absolute atomic E-state index is 13.9. The number of sulfonamides is 1. The van der Waals surface area contributed by atoms with Crippen LogP contribution in [0.1, 0.15) is 62.5 Å². The number of hydrogen-bond donors (Lipinski definition) is 0. The Bertz CT molecular complexity index is 1370. The molecule has 2 saturated carbocycles. The number of carbonyl (C=O) groups excluding carboxylic acids is 2. The van der Waals surface area contributed by atoms with Crippen LogP contribution in [0.25, 0.3) is 0 Å². The summed E-state index contributed by atoms with van der Waals surface area (Å²) in [6.45, 7) is 8.84. The van der Waals surface area contributed by atoms with Crippen molar-refractivity contribution in [2.45, 2.75) is 66.3 Å². The molecule has 1 amide bonds. The summed E-state index contributed by atoms with van der Waals surface area (Å²) in [5.74, 6) is 1.09. The van der Waals surface area contributed by atoms with Gasteiger partial charge in [-0.05, 0) is 78.6 Å². The van der Waals surface area contributed by atoms with E-state index in [0.717, 1.165) is 22.4 Å². The van der Waals surface area contributed by atoms with Crippen molar-refractivity contribution in [3.05, 3.63) is 45.6 Å². The fourth-order valence-electron chi connectivity index (χ4n) is 6.66. The van der Waals surface area contributed by atoms with E-state index in [1.807, 2.05) is 57.3 Å². The quantitative estimate of drug-likeness (QED) is 0.299. The van der Waals surface area contributed by atoms with E-state index in [2.05, 4.69) is 0 Å². The summed E-state index contributed by atoms with van der Waals surface area (Å²) in [7, 11) is -0.684. The Hall–Kier alpha value is -2.43. The molecule has 8 nitrogen and oxygen atoms in total. The Morgan fingerprint density at radius 2 is 1.85 bits per heavy atom. The molecule has 1 aromatic carbocycles. The zero-order chi connectivity index (χ0) is 30.0. The average molecular weight is 605 g/mol. The predicted molar refractivity (Wildman–Crippen MR) is 162 cm³/mol. The molecular weight excluding hydrogens is 560 g/mol. The van der Waals surface area contributed by atoms with E-state index in [0.29, 0.717) is 50.3 Å². The van der Waals surface area contributed by atoms with Crippen LogP contribution in [-0.2, 0) is 32.6 Å². The van der Waals surface area contributed by atoms with E-state index >= 15 is 0 Å². The number of nitrogens with zero attached hydrogens (tertiary/aromatic N) is 2. The van der Waals surface area contributed by atoms with Crippen LogP contribution in [0.5, 0.6) is 11.5 Å². The van der Waals surface area contributed by atoms with Crippen molar-refractivity contribution in [1.82, 2.24) is 9.21 Å². The Labute approximate surface area is 249 Å². The van der Waals surface area contributed by atoms with Gasteiger partial charge in [-0.1, -0.05) is 26.8 Å². The number of hydrogen-bond acceptors (Lipinski definition) is 7. The van der Waals surface area contributed by atoms with Crippen LogP contribution in [0.3, 0.4) is 0 Å². The summed E-state index contributed by atoms with van der Waals surface area (Å²) in [6, 6.07) is 7.72. The van der Waals surface area contributed by atoms with Crippen LogP contribution in [0, 0.1) is 23.7 Å². The van der Waals surface area contributed by atoms with Crippen LogP contribution in [0.2, 0.25) is 0 Å². The minimum Gasteiger partial charge on any atom is -0.493 e. The van der Waals surface area contributed by atoms with Crippen molar-refractivity contribution in [2.24, 2.45) is 16.7 Å². The van der Waals surface area contributed by atoms with E-state index < -0.39 is 15.4 Å². The number of ether oxygens (including phenoxy) is 2. The molecule has 2 aliphatic rings. The molecule has 0 saturated heterocycles. The summed E-state index contributed by atoms with van der Waals surface area (Å²) >= 11 is 1.59. The van der Waals surface area contributed by atoms with Gasteiger partial charge in [-0.2, -0.15) is 4.31 Å². The van der Waals surface area contributed by atoms with Gasteiger partial charge in [-0.15, -0.1) is 11.3 Å². The molecule has 0 N–H and O–H groups in total. The van der Waals surface area contributed by atoms with Crippen LogP contribution in [0.15, 0.2) is 29.6 Å². The maximum atomic E-state index is 13.9. The summed E-state index contributed by atoms with van der Waals surface area (Å²) in [6.07, 6.45) is 3.09. The van der Waals surface area contributed by atoms with Crippen LogP contribution < -0.4 is 9.47 Å². The van der Waals surface area contributed by atoms with Crippen LogP contribution in [0.4, 0.5) is 0 Å². The average Bonchev–Trinajstić information content (AvgIpc) is 3.50. The molecule has 2 unspecified atom stereocenters. The number of fused-ring (bicyclic) bond motifs is 2. The zero-order valence-corrected chi connectivity index (χ0v) is 26.8. The zero-order valence-electron chi connectivity index (χ0n) is 25.2. The largest absolute Gasteiger partial charge is 0.493 e. The van der Waals surface area contributed by atoms with Crippen molar-refractivity contribution in [2.75, 3.05) is 39.6 Å². The van der Waals surface area contributed by atoms with Gasteiger partial charge < -0.3 is 14.4 Å². The molecule has 4 rings (SSSR count). The minimum absolute atomic E-state index is 0.0646. The molecule has 1 heterocycles. The molecule has 0 spiro atoms. The highest BCUT2D eigenvalue weighted by atomic mass is 32.2. The minimum atomic E-state index is -3.86. The van der Waals surface area contributed by atoms with E-state index in [1.165, 1.54) is 4.31 Å². The second-order valence-corrected chi connectivity index (χ2v) is 15.0. The molecule has 41 heavy (non-hydrogen) atoms. The summed E-state index contributed by atoms with van der Waals surface area (Å²) < 4.78 is 39.9. The van der Waals surface area contributed by atoms with Crippen molar-refractivity contribution in [3.8, 4) is 11.5 Å². The number of Topliss-reactive ketones (excluding diaryl/α,β-unsaturated/α-hetero) is 1. The third-order valence-corrected chi connectivity index (χ3v) is 12.5. The smallest absolute Gasteiger partial charge is 0.238 e. The number of methoxy groups -OCH3 is 2. The van der Waals surface area contributed by atoms with Crippen LogP contribution >= 0.6 is 11.3 Å². The molecule has 0 radical (unpaired) electrons. The van der Waals surface area contributed by atoms with Crippen molar-refractivity contribution >= 4 is 33.1 Å². The molecule has 0 aliphatic heterocycles. The van der Waals surface area contributed by atoms with Crippen molar-refractivity contribution < 1.29 is 27.5 Å². The third kappa shape index (κ3) is 6.20. The first kappa shape index (κ1) is 31.5. The lowest BCUT2D eigenvalue weighted by atomic mass is 9.70. The standard InChI is InChI=1S/C31H44N2O6S2/c1-7-14-33(41(36,37)21-31-13-10-24(18-28(31)34)30(31,3)4)20-29(35)32(19-27-22(2)12-16-40-27)15-11-23-8-9-25(38-5)26(17-23)39-6/h8-9,12,16-17,24H,7,10-11,13-15,18-21H2,1-6H3. The lowest BCUT2D eigenvalue weighted by Crippen LogP contribution is -2.49. The van der Waals surface area contributed by atoms with Crippen LogP contribution in [-0.4, -0.2) is 68.9 Å². The Morgan fingerprint density at radius 1 is 1.12 bits per heavy atom. The van der Waals surface area contributed by atoms with Crippen molar-refractivity contribution in [1.29, 1.82) is 0 Å². The number of benzene rings is 1. The molecule has 226 valence electrons. The van der Waals surface area contributed by atoms with Gasteiger partial charge in [0.2, 0.25) is 15.9 Å². The SMILES string of the molecule is CCCN(CC(=O)N(CCc1ccc(OC)c(OC)c1)Cc1sccc1C)S(=O)(=O)CC12CCC(CC1=O)C2(C)C. The van der Waals surface area contributed by atoms with Gasteiger partial charge in [0.15, 0.2) is 11.5 Å². The number of aryl methyl sites for hydroxylation is 1. The summed E-state index contributed by atoms with van der Waals surface area (Å²) in [4.78, 5) is 29.8.